The highest BCUT2D eigenvalue weighted by molar-refractivity contribution is 5.95. The molecule has 0 atom stereocenters. The summed E-state index contributed by atoms with van der Waals surface area (Å²) in [5.41, 5.74) is 31.5. The molecule has 8 nitrogen and oxygen atoms in total. The fourth-order valence-electron chi connectivity index (χ4n) is 7.76. The Morgan fingerprint density at radius 2 is 0.963 bits per heavy atom. The van der Waals surface area contributed by atoms with Gasteiger partial charge in [-0.3, -0.25) is 0 Å². The number of nitrogens with one attached hydrogen (secondary N) is 2. The molecule has 6 N–H and O–H groups in total. The number of aromatic nitrogens is 4. The van der Waals surface area contributed by atoms with E-state index in [1.54, 1.807) is 0 Å². The van der Waals surface area contributed by atoms with Crippen molar-refractivity contribution in [3.8, 4) is 11.5 Å². The minimum Gasteiger partial charge on any atom is -0.494 e. The molecule has 278 valence electrons. The average Bonchev–Trinajstić information content (AvgIpc) is 3.82. The van der Waals surface area contributed by atoms with Gasteiger partial charge >= 0.3 is 0 Å². The van der Waals surface area contributed by atoms with Crippen LogP contribution in [0, 0.1) is 13.8 Å². The molecule has 3 aromatic heterocycles. The van der Waals surface area contributed by atoms with Crippen LogP contribution in [0.4, 0.5) is 11.4 Å². The molecule has 0 aliphatic carbocycles. The first-order chi connectivity index (χ1) is 26.1. The molecule has 2 aliphatic rings. The van der Waals surface area contributed by atoms with E-state index in [0.29, 0.717) is 13.2 Å². The Labute approximate surface area is 318 Å². The highest BCUT2D eigenvalue weighted by Gasteiger charge is 2.20. The minimum absolute atomic E-state index is 0.593. The van der Waals surface area contributed by atoms with E-state index in [4.69, 9.17) is 30.9 Å². The summed E-state index contributed by atoms with van der Waals surface area (Å²) in [6.07, 6.45) is 5.20. The molecule has 5 heterocycles. The number of aryl methyl sites for hydroxylation is 4. The highest BCUT2D eigenvalue weighted by atomic mass is 16.5. The zero-order valence-corrected chi connectivity index (χ0v) is 32.5. The van der Waals surface area contributed by atoms with Crippen molar-refractivity contribution in [3.63, 3.8) is 0 Å². The van der Waals surface area contributed by atoms with Crippen LogP contribution >= 0.6 is 0 Å². The second-order valence-electron chi connectivity index (χ2n) is 14.4. The number of nitrogens with two attached hydrogens (primary N) is 2. The number of aromatic amines is 2. The van der Waals surface area contributed by atoms with E-state index >= 15 is 0 Å². The zero-order chi connectivity index (χ0) is 37.9. The molecule has 0 amide bonds. The Morgan fingerprint density at radius 1 is 0.519 bits per heavy atom. The number of allylic oxidation sites excluding steroid dienone is 4. The van der Waals surface area contributed by atoms with Crippen LogP contribution in [-0.2, 0) is 12.8 Å². The molecule has 0 spiro atoms. The van der Waals surface area contributed by atoms with Gasteiger partial charge < -0.3 is 30.9 Å². The number of benzene rings is 2. The first-order valence-corrected chi connectivity index (χ1v) is 19.2. The van der Waals surface area contributed by atoms with Crippen LogP contribution in [0.1, 0.15) is 98.4 Å². The lowest BCUT2D eigenvalue weighted by Gasteiger charge is -2.08. The zero-order valence-electron chi connectivity index (χ0n) is 32.5. The predicted octanol–water partition coefficient (Wildman–Crippen LogP) is 10.8. The Kier molecular flexibility index (Phi) is 10.6. The van der Waals surface area contributed by atoms with Gasteiger partial charge in [0.25, 0.3) is 0 Å². The molecule has 0 saturated carbocycles. The van der Waals surface area contributed by atoms with Crippen molar-refractivity contribution >= 4 is 55.7 Å². The molecule has 2 aliphatic heterocycles. The SMILES string of the molecule is CCC1=C(C)c2cc3[nH]c(cc4nc(cc5[nH]c(cc1n2)c(C)c5CC)C(C)=C4CCCOc1ccc(N)cc1)c(CCCOc1ccc(N)cc1)c3C. The smallest absolute Gasteiger partial charge is 0.119 e. The number of H-pyrrole nitrogens is 2. The summed E-state index contributed by atoms with van der Waals surface area (Å²) >= 11 is 0. The third-order valence-corrected chi connectivity index (χ3v) is 10.9. The van der Waals surface area contributed by atoms with Crippen molar-refractivity contribution in [2.45, 2.75) is 80.1 Å². The maximum Gasteiger partial charge on any atom is 0.119 e. The number of nitrogens with zero attached hydrogens (tertiary/aromatic N) is 2. The van der Waals surface area contributed by atoms with Crippen LogP contribution in [0.3, 0.4) is 0 Å². The number of fused-ring (bicyclic) bond motifs is 8. The van der Waals surface area contributed by atoms with Gasteiger partial charge in [0.15, 0.2) is 0 Å². The Bertz CT molecular complexity index is 2410. The lowest BCUT2D eigenvalue weighted by atomic mass is 10.00. The molecule has 5 aromatic rings. The van der Waals surface area contributed by atoms with Crippen LogP contribution in [0.2, 0.25) is 0 Å². The molecule has 54 heavy (non-hydrogen) atoms. The molecule has 2 aromatic carbocycles. The van der Waals surface area contributed by atoms with Gasteiger partial charge in [-0.1, -0.05) is 13.8 Å². The average molecular weight is 721 g/mol. The van der Waals surface area contributed by atoms with Gasteiger partial charge in [0.1, 0.15) is 11.5 Å². The number of hydrogen-bond acceptors (Lipinski definition) is 6. The number of anilines is 2. The number of hydrogen-bond donors (Lipinski definition) is 4. The lowest BCUT2D eigenvalue weighted by Crippen LogP contribution is -2.00. The normalized spacial score (nSPS) is 12.9. The van der Waals surface area contributed by atoms with Gasteiger partial charge in [-0.15, -0.1) is 0 Å². The number of ether oxygens (including phenoxy) is 2. The topological polar surface area (TPSA) is 128 Å². The van der Waals surface area contributed by atoms with Crippen LogP contribution < -0.4 is 20.9 Å². The van der Waals surface area contributed by atoms with E-state index < -0.39 is 0 Å². The minimum atomic E-state index is 0.593. The van der Waals surface area contributed by atoms with E-state index in [2.05, 4.69) is 75.8 Å². The molecule has 0 saturated heterocycles. The molecule has 0 radical (unpaired) electrons. The molecular formula is C46H52N6O2. The molecule has 8 bridgehead atoms. The van der Waals surface area contributed by atoms with E-state index in [1.807, 2.05) is 48.5 Å². The summed E-state index contributed by atoms with van der Waals surface area (Å²) in [4.78, 5) is 18.2. The largest absolute Gasteiger partial charge is 0.494 e. The summed E-state index contributed by atoms with van der Waals surface area (Å²) in [6, 6.07) is 24.1. The summed E-state index contributed by atoms with van der Waals surface area (Å²) in [7, 11) is 0. The molecular weight excluding hydrogens is 669 g/mol. The van der Waals surface area contributed by atoms with Crippen LogP contribution in [0.25, 0.3) is 44.4 Å². The highest BCUT2D eigenvalue weighted by Crippen LogP contribution is 2.37. The van der Waals surface area contributed by atoms with Crippen molar-refractivity contribution in [3.05, 3.63) is 118 Å². The Balaban J connectivity index is 1.35. The maximum absolute atomic E-state index is 6.11. The van der Waals surface area contributed by atoms with Gasteiger partial charge in [-0.25, -0.2) is 9.97 Å². The van der Waals surface area contributed by atoms with Crippen LogP contribution in [0.5, 0.6) is 11.5 Å². The maximum atomic E-state index is 6.11. The quantitative estimate of drug-likeness (QED) is 0.0750. The number of nitrogen functional groups attached to an aromatic ring is 2. The van der Waals surface area contributed by atoms with E-state index in [1.165, 1.54) is 44.5 Å². The van der Waals surface area contributed by atoms with Crippen molar-refractivity contribution < 1.29 is 9.47 Å². The van der Waals surface area contributed by atoms with Crippen molar-refractivity contribution in [1.82, 2.24) is 19.9 Å². The van der Waals surface area contributed by atoms with E-state index in [-0.39, 0.29) is 0 Å². The second-order valence-corrected chi connectivity index (χ2v) is 14.4. The van der Waals surface area contributed by atoms with Crippen molar-refractivity contribution in [1.29, 1.82) is 0 Å². The fourth-order valence-corrected chi connectivity index (χ4v) is 7.76. The molecule has 8 heteroatoms. The summed E-state index contributed by atoms with van der Waals surface area (Å²) in [6.45, 7) is 14.5. The fraction of sp³-hybridized carbons (Fsp3) is 0.304. The van der Waals surface area contributed by atoms with E-state index in [9.17, 15) is 0 Å². The Hall–Kier alpha value is -5.76. The van der Waals surface area contributed by atoms with Gasteiger partial charge in [-0.05, 0) is 184 Å². The van der Waals surface area contributed by atoms with Crippen molar-refractivity contribution in [2.75, 3.05) is 24.7 Å². The van der Waals surface area contributed by atoms with Crippen LogP contribution in [-0.4, -0.2) is 33.1 Å². The monoisotopic (exact) mass is 720 g/mol. The standard InChI is InChI=1S/C46H52N6O2/c1-7-35-27(3)39-23-40-29(5)37(11-9-21-53-33-17-13-31(47)14-18-33)45(51-40)26-46-38(12-10-22-54-34-19-15-32(48)16-20-34)30(6)42(52-46)25-44-36(8-2)28(4)41(50-44)24-43(35)49-39/h13-20,23-26,50-51H,7-12,21-22,47-48H2,1-6H3. The van der Waals surface area contributed by atoms with Gasteiger partial charge in [-0.2, -0.15) is 0 Å². The second kappa shape index (κ2) is 15.7. The van der Waals surface area contributed by atoms with Gasteiger partial charge in [0.05, 0.1) is 36.0 Å². The third-order valence-electron chi connectivity index (χ3n) is 10.9. The van der Waals surface area contributed by atoms with Gasteiger partial charge in [0, 0.05) is 33.4 Å². The molecule has 0 unspecified atom stereocenters. The van der Waals surface area contributed by atoms with Crippen molar-refractivity contribution in [2.24, 2.45) is 0 Å². The lowest BCUT2D eigenvalue weighted by molar-refractivity contribution is 0.311. The predicted molar refractivity (Wildman–Crippen MR) is 225 cm³/mol. The third kappa shape index (κ3) is 7.51. The van der Waals surface area contributed by atoms with Crippen LogP contribution in [0.15, 0.2) is 72.8 Å². The molecule has 0 fully saturated rings. The summed E-state index contributed by atoms with van der Waals surface area (Å²) in [5.74, 6) is 1.65. The first kappa shape index (κ1) is 36.6. The van der Waals surface area contributed by atoms with E-state index in [0.717, 1.165) is 106 Å². The molecule has 7 rings (SSSR count). The summed E-state index contributed by atoms with van der Waals surface area (Å²) < 4.78 is 12.2. The Morgan fingerprint density at radius 3 is 1.52 bits per heavy atom. The summed E-state index contributed by atoms with van der Waals surface area (Å²) in [5, 5.41) is 0. The first-order valence-electron chi connectivity index (χ1n) is 19.2. The number of rotatable bonds is 12. The van der Waals surface area contributed by atoms with Gasteiger partial charge in [0.2, 0.25) is 0 Å².